The van der Waals surface area contributed by atoms with Gasteiger partial charge in [0, 0.05) is 10.8 Å². The number of anilines is 1. The van der Waals surface area contributed by atoms with E-state index in [9.17, 15) is 22.6 Å². The summed E-state index contributed by atoms with van der Waals surface area (Å²) >= 11 is 0. The molecule has 2 aliphatic carbocycles. The molecule has 1 N–H and O–H groups in total. The molecular weight excluding hydrogens is 466 g/mol. The van der Waals surface area contributed by atoms with Gasteiger partial charge in [0.25, 0.3) is 0 Å². The molecule has 9 heteroatoms. The smallest absolute Gasteiger partial charge is 0.196 e. The lowest BCUT2D eigenvalue weighted by Gasteiger charge is -2.10. The van der Waals surface area contributed by atoms with Crippen molar-refractivity contribution in [3.05, 3.63) is 133 Å². The van der Waals surface area contributed by atoms with Gasteiger partial charge in [0.15, 0.2) is 10.9 Å². The van der Waals surface area contributed by atoms with E-state index < -0.39 is 31.2 Å². The minimum atomic E-state index is -5.11. The van der Waals surface area contributed by atoms with E-state index in [1.807, 2.05) is 0 Å². The number of para-hydroxylation sites is 2. The lowest BCUT2D eigenvalue weighted by Crippen LogP contribution is -2.33. The van der Waals surface area contributed by atoms with Gasteiger partial charge in [0.2, 0.25) is 0 Å². The summed E-state index contributed by atoms with van der Waals surface area (Å²) in [6.45, 7) is 0. The van der Waals surface area contributed by atoms with Crippen LogP contribution in [0.4, 0.5) is 11.4 Å². The molecule has 0 atom stereocenters. The fraction of sp³-hybridized carbons (Fsp3) is 0. The fourth-order valence-electron chi connectivity index (χ4n) is 3.90. The van der Waals surface area contributed by atoms with E-state index in [1.165, 1.54) is 12.1 Å². The SMILES string of the molecule is O=c1c2c(=Nc3ccccc3)cc(S(=O)(=O)[O-])/c(=N\Nc3ccccc3)c=2c(=O)c2ccccc12. The second-order valence-electron chi connectivity index (χ2n) is 7.69. The Morgan fingerprint density at radius 2 is 1.26 bits per heavy atom. The second-order valence-corrected chi connectivity index (χ2v) is 9.04. The lowest BCUT2D eigenvalue weighted by molar-refractivity contribution is 0.461. The van der Waals surface area contributed by atoms with Crippen molar-refractivity contribution in [1.29, 1.82) is 0 Å². The average Bonchev–Trinajstić information content (AvgIpc) is 2.86. The standard InChI is InChI=1S/C26H17N3O5S/c30-25-18-13-7-8-14-19(18)26(31)23-22(25)20(27-16-9-3-1-4-10-16)15-21(35(32,33)34)24(23)29-28-17-11-5-2-6-12-17/h1-15,28H,(H,32,33,34)/p-1/b27-20?,29-24+. The minimum absolute atomic E-state index is 0.0901. The van der Waals surface area contributed by atoms with Gasteiger partial charge in [-0.25, -0.2) is 13.4 Å². The monoisotopic (exact) mass is 482 g/mol. The zero-order valence-corrected chi connectivity index (χ0v) is 18.8. The van der Waals surface area contributed by atoms with Gasteiger partial charge in [0.05, 0.1) is 32.1 Å². The Kier molecular flexibility index (Phi) is 5.56. The Bertz CT molecular complexity index is 1980. The van der Waals surface area contributed by atoms with Crippen LogP contribution in [0.1, 0.15) is 0 Å². The largest absolute Gasteiger partial charge is 0.744 e. The number of nitrogens with one attached hydrogen (secondary N) is 1. The van der Waals surface area contributed by atoms with Crippen LogP contribution < -0.4 is 27.0 Å². The first-order valence-electron chi connectivity index (χ1n) is 10.5. The van der Waals surface area contributed by atoms with Crippen molar-refractivity contribution < 1.29 is 13.0 Å². The molecule has 0 aromatic heterocycles. The highest BCUT2D eigenvalue weighted by molar-refractivity contribution is 7.85. The molecule has 35 heavy (non-hydrogen) atoms. The molecule has 0 amide bonds. The maximum absolute atomic E-state index is 13.6. The maximum atomic E-state index is 13.6. The number of benzene rings is 3. The minimum Gasteiger partial charge on any atom is -0.744 e. The van der Waals surface area contributed by atoms with Crippen LogP contribution in [0, 0.1) is 10.4 Å². The zero-order chi connectivity index (χ0) is 24.6. The van der Waals surface area contributed by atoms with Crippen LogP contribution in [-0.4, -0.2) is 13.0 Å². The van der Waals surface area contributed by atoms with Crippen molar-refractivity contribution in [2.45, 2.75) is 4.90 Å². The molecule has 0 unspecified atom stereocenters. The number of rotatable bonds is 4. The highest BCUT2D eigenvalue weighted by Gasteiger charge is 2.17. The summed E-state index contributed by atoms with van der Waals surface area (Å²) in [5.74, 6) is 0. The van der Waals surface area contributed by atoms with Gasteiger partial charge in [-0.15, -0.1) is 0 Å². The first kappa shape index (κ1) is 22.3. The molecule has 0 saturated heterocycles. The van der Waals surface area contributed by atoms with Crippen molar-refractivity contribution in [3.63, 3.8) is 0 Å². The predicted octanol–water partition coefficient (Wildman–Crippen LogP) is 2.22. The molecule has 8 nitrogen and oxygen atoms in total. The highest BCUT2D eigenvalue weighted by Crippen LogP contribution is 2.11. The third-order valence-corrected chi connectivity index (χ3v) is 6.31. The summed E-state index contributed by atoms with van der Waals surface area (Å²) in [5, 5.41) is 3.43. The second kappa shape index (κ2) is 8.71. The molecule has 0 spiro atoms. The van der Waals surface area contributed by atoms with Crippen molar-refractivity contribution in [2.24, 2.45) is 10.1 Å². The van der Waals surface area contributed by atoms with E-state index in [0.717, 1.165) is 6.07 Å². The van der Waals surface area contributed by atoms with Crippen LogP contribution in [-0.2, 0) is 10.1 Å². The summed E-state index contributed by atoms with van der Waals surface area (Å²) in [5.41, 5.74) is 2.44. The molecule has 0 saturated carbocycles. The molecule has 0 aliphatic heterocycles. The van der Waals surface area contributed by atoms with Crippen LogP contribution in [0.15, 0.2) is 116 Å². The van der Waals surface area contributed by atoms with Gasteiger partial charge in [-0.3, -0.25) is 15.0 Å². The van der Waals surface area contributed by atoms with E-state index in [0.29, 0.717) is 11.4 Å². The number of hydrogen-bond donors (Lipinski definition) is 1. The van der Waals surface area contributed by atoms with Crippen molar-refractivity contribution in [1.82, 2.24) is 0 Å². The summed E-state index contributed by atoms with van der Waals surface area (Å²) in [6, 6.07) is 24.3. The van der Waals surface area contributed by atoms with Crippen LogP contribution in [0.2, 0.25) is 0 Å². The summed E-state index contributed by atoms with van der Waals surface area (Å²) in [6.07, 6.45) is 0. The highest BCUT2D eigenvalue weighted by atomic mass is 32.2. The third-order valence-electron chi connectivity index (χ3n) is 5.46. The molecule has 5 rings (SSSR count). The van der Waals surface area contributed by atoms with Gasteiger partial charge < -0.3 is 4.55 Å². The van der Waals surface area contributed by atoms with E-state index >= 15 is 0 Å². The van der Waals surface area contributed by atoms with Crippen LogP contribution in [0.5, 0.6) is 0 Å². The van der Waals surface area contributed by atoms with Gasteiger partial charge in [-0.05, 0) is 30.3 Å². The molecule has 0 radical (unpaired) electrons. The van der Waals surface area contributed by atoms with Crippen LogP contribution in [0.25, 0.3) is 10.8 Å². The first-order chi connectivity index (χ1) is 16.8. The molecule has 0 heterocycles. The Morgan fingerprint density at radius 3 is 1.86 bits per heavy atom. The number of nitrogens with zero attached hydrogens (tertiary/aromatic N) is 2. The molecule has 2 aliphatic rings. The summed E-state index contributed by atoms with van der Waals surface area (Å²) in [4.78, 5) is 30.8. The molecule has 172 valence electrons. The Hall–Kier alpha value is -4.47. The van der Waals surface area contributed by atoms with Gasteiger partial charge >= 0.3 is 0 Å². The van der Waals surface area contributed by atoms with Crippen molar-refractivity contribution in [2.75, 3.05) is 5.43 Å². The van der Waals surface area contributed by atoms with Crippen molar-refractivity contribution >= 4 is 32.3 Å². The van der Waals surface area contributed by atoms with E-state index in [-0.39, 0.29) is 26.6 Å². The number of fused-ring (bicyclic) bond motifs is 1. The molecular formula is C26H16N3O5S-. The molecule has 0 bridgehead atoms. The number of hydrogen-bond acceptors (Lipinski definition) is 8. The van der Waals surface area contributed by atoms with E-state index in [4.69, 9.17) is 0 Å². The molecule has 0 fully saturated rings. The van der Waals surface area contributed by atoms with Crippen LogP contribution in [0.3, 0.4) is 0 Å². The molecule has 3 aromatic rings. The Morgan fingerprint density at radius 1 is 0.714 bits per heavy atom. The quantitative estimate of drug-likeness (QED) is 0.309. The van der Waals surface area contributed by atoms with Crippen LogP contribution >= 0.6 is 0 Å². The van der Waals surface area contributed by atoms with Gasteiger partial charge in [-0.2, -0.15) is 5.10 Å². The summed E-state index contributed by atoms with van der Waals surface area (Å²) < 4.78 is 36.9. The Balaban J connectivity index is 2.07. The average molecular weight is 482 g/mol. The normalized spacial score (nSPS) is 12.9. The van der Waals surface area contributed by atoms with Gasteiger partial charge in [0.1, 0.15) is 15.5 Å². The predicted molar refractivity (Wildman–Crippen MR) is 129 cm³/mol. The third kappa shape index (κ3) is 4.14. The van der Waals surface area contributed by atoms with Gasteiger partial charge in [-0.1, -0.05) is 60.7 Å². The fourth-order valence-corrected chi connectivity index (χ4v) is 4.54. The lowest BCUT2D eigenvalue weighted by atomic mass is 10.0. The van der Waals surface area contributed by atoms with E-state index in [1.54, 1.807) is 72.8 Å². The van der Waals surface area contributed by atoms with E-state index in [2.05, 4.69) is 15.5 Å². The van der Waals surface area contributed by atoms with Crippen molar-refractivity contribution in [3.8, 4) is 0 Å². The first-order valence-corrected chi connectivity index (χ1v) is 11.9. The Labute approximate surface area is 198 Å². The topological polar surface area (TPSA) is 128 Å². The molecule has 3 aromatic carbocycles. The zero-order valence-electron chi connectivity index (χ0n) is 18.0. The maximum Gasteiger partial charge on any atom is 0.196 e. The summed E-state index contributed by atoms with van der Waals surface area (Å²) in [7, 11) is -5.11.